The lowest BCUT2D eigenvalue weighted by atomic mass is 9.89. The highest BCUT2D eigenvalue weighted by atomic mass is 16.5. The maximum Gasteiger partial charge on any atom is 0.322 e. The molecule has 0 saturated carbocycles. The van der Waals surface area contributed by atoms with Crippen molar-refractivity contribution in [2.75, 3.05) is 13.7 Å². The molecule has 4 heteroatoms. The Hall–Kier alpha value is -0.610. The summed E-state index contributed by atoms with van der Waals surface area (Å²) >= 11 is 0. The van der Waals surface area contributed by atoms with Crippen molar-refractivity contribution in [1.29, 1.82) is 0 Å². The predicted octanol–water partition coefficient (Wildman–Crippen LogP) is 0.302. The number of nitrogens with two attached hydrogens (primary N) is 1. The van der Waals surface area contributed by atoms with Crippen molar-refractivity contribution in [3.63, 3.8) is 0 Å². The van der Waals surface area contributed by atoms with E-state index in [0.717, 1.165) is 12.8 Å². The first kappa shape index (κ1) is 10.5. The zero-order chi connectivity index (χ0) is 9.84. The molecular formula is C9H17NO3. The lowest BCUT2D eigenvalue weighted by Gasteiger charge is -2.29. The fourth-order valence-electron chi connectivity index (χ4n) is 1.69. The molecule has 0 unspecified atom stereocenters. The average Bonchev–Trinajstić information content (AvgIpc) is 2.15. The fourth-order valence-corrected chi connectivity index (χ4v) is 1.69. The summed E-state index contributed by atoms with van der Waals surface area (Å²) < 4.78 is 9.96. The van der Waals surface area contributed by atoms with E-state index in [0.29, 0.717) is 6.61 Å². The summed E-state index contributed by atoms with van der Waals surface area (Å²) in [7, 11) is 1.37. The quantitative estimate of drug-likeness (QED) is 0.632. The number of hydrogen-bond donors (Lipinski definition) is 1. The molecule has 3 atom stereocenters. The second-order valence-corrected chi connectivity index (χ2v) is 3.51. The van der Waals surface area contributed by atoms with E-state index < -0.39 is 6.04 Å². The number of esters is 1. The van der Waals surface area contributed by atoms with Gasteiger partial charge in [0.05, 0.1) is 13.2 Å². The average molecular weight is 187 g/mol. The third kappa shape index (κ3) is 2.67. The van der Waals surface area contributed by atoms with Crippen molar-refractivity contribution in [1.82, 2.24) is 0 Å². The van der Waals surface area contributed by atoms with E-state index >= 15 is 0 Å². The number of carbonyl (C=O) groups excluding carboxylic acids is 1. The molecule has 0 amide bonds. The molecule has 2 N–H and O–H groups in total. The molecule has 0 bridgehead atoms. The van der Waals surface area contributed by atoms with Gasteiger partial charge >= 0.3 is 5.97 Å². The topological polar surface area (TPSA) is 61.5 Å². The van der Waals surface area contributed by atoms with Crippen molar-refractivity contribution < 1.29 is 14.3 Å². The Bertz CT molecular complexity index is 184. The van der Waals surface area contributed by atoms with E-state index in [1.54, 1.807) is 0 Å². The Balaban J connectivity index is 2.45. The number of methoxy groups -OCH3 is 1. The molecule has 0 aliphatic carbocycles. The minimum atomic E-state index is -0.489. The van der Waals surface area contributed by atoms with Crippen molar-refractivity contribution in [3.05, 3.63) is 0 Å². The number of ether oxygens (including phenoxy) is 2. The van der Waals surface area contributed by atoms with Gasteiger partial charge in [-0.05, 0) is 25.7 Å². The maximum atomic E-state index is 11.1. The van der Waals surface area contributed by atoms with Gasteiger partial charge in [-0.2, -0.15) is 0 Å². The molecule has 1 aliphatic heterocycles. The Morgan fingerprint density at radius 1 is 1.69 bits per heavy atom. The third-order valence-corrected chi connectivity index (χ3v) is 2.51. The van der Waals surface area contributed by atoms with E-state index in [4.69, 9.17) is 10.5 Å². The zero-order valence-electron chi connectivity index (χ0n) is 8.16. The Labute approximate surface area is 78.4 Å². The van der Waals surface area contributed by atoms with Gasteiger partial charge in [0.1, 0.15) is 6.04 Å². The van der Waals surface area contributed by atoms with Crippen molar-refractivity contribution >= 4 is 5.97 Å². The van der Waals surface area contributed by atoms with Crippen LogP contribution in [-0.4, -0.2) is 31.8 Å². The smallest absolute Gasteiger partial charge is 0.322 e. The second-order valence-electron chi connectivity index (χ2n) is 3.51. The third-order valence-electron chi connectivity index (χ3n) is 2.51. The van der Waals surface area contributed by atoms with Crippen LogP contribution in [0.1, 0.15) is 19.8 Å². The van der Waals surface area contributed by atoms with Crippen LogP contribution in [0.25, 0.3) is 0 Å². The molecule has 0 radical (unpaired) electrons. The van der Waals surface area contributed by atoms with Crippen LogP contribution in [0.3, 0.4) is 0 Å². The Morgan fingerprint density at radius 3 is 2.92 bits per heavy atom. The molecule has 0 spiro atoms. The van der Waals surface area contributed by atoms with Crippen LogP contribution >= 0.6 is 0 Å². The molecule has 0 aromatic heterocycles. The van der Waals surface area contributed by atoms with Crippen molar-refractivity contribution in [3.8, 4) is 0 Å². The molecular weight excluding hydrogens is 170 g/mol. The molecule has 1 fully saturated rings. The van der Waals surface area contributed by atoms with Gasteiger partial charge in [0.15, 0.2) is 0 Å². The van der Waals surface area contributed by atoms with Gasteiger partial charge in [-0.25, -0.2) is 0 Å². The molecule has 13 heavy (non-hydrogen) atoms. The SMILES string of the molecule is COC(=O)[C@H](N)[C@H]1CCO[C@H](C)C1. The molecule has 0 aromatic rings. The van der Waals surface area contributed by atoms with E-state index in [1.807, 2.05) is 6.92 Å². The molecule has 1 rings (SSSR count). The fraction of sp³-hybridized carbons (Fsp3) is 0.889. The van der Waals surface area contributed by atoms with Crippen LogP contribution in [0.5, 0.6) is 0 Å². The van der Waals surface area contributed by atoms with Gasteiger partial charge in [-0.1, -0.05) is 0 Å². The molecule has 4 nitrogen and oxygen atoms in total. The Morgan fingerprint density at radius 2 is 2.38 bits per heavy atom. The van der Waals surface area contributed by atoms with Crippen LogP contribution in [-0.2, 0) is 14.3 Å². The minimum Gasteiger partial charge on any atom is -0.468 e. The summed E-state index contributed by atoms with van der Waals surface area (Å²) in [6.45, 7) is 2.69. The standard InChI is InChI=1S/C9H17NO3/c1-6-5-7(3-4-13-6)8(10)9(11)12-2/h6-8H,3-5,10H2,1-2H3/t6-,7+,8-/m1/s1. The van der Waals surface area contributed by atoms with Gasteiger partial charge in [0, 0.05) is 6.61 Å². The second kappa shape index (κ2) is 4.58. The first-order valence-electron chi connectivity index (χ1n) is 4.60. The summed E-state index contributed by atoms with van der Waals surface area (Å²) in [6.07, 6.45) is 1.89. The number of carbonyl (C=O) groups is 1. The first-order valence-corrected chi connectivity index (χ1v) is 4.60. The predicted molar refractivity (Wildman–Crippen MR) is 48.1 cm³/mol. The summed E-state index contributed by atoms with van der Waals surface area (Å²) in [6, 6.07) is -0.489. The normalized spacial score (nSPS) is 31.0. The summed E-state index contributed by atoms with van der Waals surface area (Å²) in [5.74, 6) is -0.115. The molecule has 1 saturated heterocycles. The minimum absolute atomic E-state index is 0.203. The van der Waals surface area contributed by atoms with Crippen LogP contribution in [0.2, 0.25) is 0 Å². The molecule has 1 aliphatic rings. The van der Waals surface area contributed by atoms with Crippen molar-refractivity contribution in [2.24, 2.45) is 11.7 Å². The van der Waals surface area contributed by atoms with E-state index in [2.05, 4.69) is 4.74 Å². The van der Waals surface area contributed by atoms with Gasteiger partial charge in [0.2, 0.25) is 0 Å². The highest BCUT2D eigenvalue weighted by Crippen LogP contribution is 2.22. The van der Waals surface area contributed by atoms with Crippen LogP contribution in [0.4, 0.5) is 0 Å². The number of hydrogen-bond acceptors (Lipinski definition) is 4. The van der Waals surface area contributed by atoms with Crippen LogP contribution in [0.15, 0.2) is 0 Å². The van der Waals surface area contributed by atoms with Gasteiger partial charge in [-0.15, -0.1) is 0 Å². The molecule has 76 valence electrons. The summed E-state index contributed by atoms with van der Waals surface area (Å²) in [4.78, 5) is 11.1. The van der Waals surface area contributed by atoms with Crippen LogP contribution in [0, 0.1) is 5.92 Å². The summed E-state index contributed by atoms with van der Waals surface area (Å²) in [5, 5.41) is 0. The van der Waals surface area contributed by atoms with E-state index in [1.165, 1.54) is 7.11 Å². The Kier molecular flexibility index (Phi) is 3.69. The lowest BCUT2D eigenvalue weighted by molar-refractivity contribution is -0.144. The molecule has 0 aromatic carbocycles. The monoisotopic (exact) mass is 187 g/mol. The van der Waals surface area contributed by atoms with Crippen molar-refractivity contribution in [2.45, 2.75) is 31.9 Å². The van der Waals surface area contributed by atoms with E-state index in [-0.39, 0.29) is 18.0 Å². The van der Waals surface area contributed by atoms with Gasteiger partial charge < -0.3 is 15.2 Å². The largest absolute Gasteiger partial charge is 0.468 e. The first-order chi connectivity index (χ1) is 6.15. The zero-order valence-corrected chi connectivity index (χ0v) is 8.16. The van der Waals surface area contributed by atoms with Crippen LogP contribution < -0.4 is 5.73 Å². The van der Waals surface area contributed by atoms with Gasteiger partial charge in [0.25, 0.3) is 0 Å². The van der Waals surface area contributed by atoms with Gasteiger partial charge in [-0.3, -0.25) is 4.79 Å². The highest BCUT2D eigenvalue weighted by molar-refractivity contribution is 5.75. The maximum absolute atomic E-state index is 11.1. The molecule has 1 heterocycles. The lowest BCUT2D eigenvalue weighted by Crippen LogP contribution is -2.42. The summed E-state index contributed by atoms with van der Waals surface area (Å²) in [5.41, 5.74) is 5.73. The highest BCUT2D eigenvalue weighted by Gasteiger charge is 2.29. The van der Waals surface area contributed by atoms with E-state index in [9.17, 15) is 4.79 Å². The number of rotatable bonds is 2.